The molecule has 0 spiro atoms. The van der Waals surface area contributed by atoms with Crippen LogP contribution in [0.1, 0.15) is 40.5 Å². The molecule has 0 saturated heterocycles. The first kappa shape index (κ1) is 13.0. The predicted molar refractivity (Wildman–Crippen MR) is 75.3 cm³/mol. The average Bonchev–Trinajstić information content (AvgIpc) is 2.74. The number of carbonyl (C=O) groups is 1. The normalized spacial score (nSPS) is 10.9. The zero-order valence-electron chi connectivity index (χ0n) is 10.9. The highest BCUT2D eigenvalue weighted by Gasteiger charge is 2.12. The number of hydrogen-bond acceptors (Lipinski definition) is 3. The van der Waals surface area contributed by atoms with Crippen molar-refractivity contribution in [2.75, 3.05) is 0 Å². The van der Waals surface area contributed by atoms with Crippen LogP contribution in [0.15, 0.2) is 29.6 Å². The summed E-state index contributed by atoms with van der Waals surface area (Å²) >= 11 is 1.51. The van der Waals surface area contributed by atoms with Gasteiger partial charge in [-0.1, -0.05) is 32.0 Å². The number of rotatable bonds is 4. The van der Waals surface area contributed by atoms with E-state index in [0.717, 1.165) is 17.0 Å². The number of nitrogens with zero attached hydrogens (tertiary/aromatic N) is 1. The highest BCUT2D eigenvalue weighted by atomic mass is 32.1. The number of aryl methyl sites for hydroxylation is 1. The summed E-state index contributed by atoms with van der Waals surface area (Å²) in [5, 5.41) is 2.75. The van der Waals surface area contributed by atoms with E-state index in [1.807, 2.05) is 30.5 Å². The molecule has 18 heavy (non-hydrogen) atoms. The first-order chi connectivity index (χ1) is 8.56. The summed E-state index contributed by atoms with van der Waals surface area (Å²) in [5.41, 5.74) is 2.50. The molecular formula is C15H17NOS. The van der Waals surface area contributed by atoms with Crippen LogP contribution in [-0.2, 0) is 6.42 Å². The molecule has 0 atom stereocenters. The third-order valence-corrected chi connectivity index (χ3v) is 3.46. The summed E-state index contributed by atoms with van der Waals surface area (Å²) in [6.07, 6.45) is 0.997. The Morgan fingerprint density at radius 2 is 2.17 bits per heavy atom. The van der Waals surface area contributed by atoms with Crippen molar-refractivity contribution < 1.29 is 4.79 Å². The van der Waals surface area contributed by atoms with E-state index in [2.05, 4.69) is 24.9 Å². The van der Waals surface area contributed by atoms with E-state index in [-0.39, 0.29) is 5.78 Å². The minimum Gasteiger partial charge on any atom is -0.287 e. The molecule has 2 aromatic rings. The second-order valence-electron chi connectivity index (χ2n) is 4.88. The van der Waals surface area contributed by atoms with Crippen LogP contribution in [-0.4, -0.2) is 10.8 Å². The molecule has 3 heteroatoms. The van der Waals surface area contributed by atoms with Crippen molar-refractivity contribution in [1.82, 2.24) is 4.98 Å². The van der Waals surface area contributed by atoms with E-state index in [9.17, 15) is 4.79 Å². The Morgan fingerprint density at radius 3 is 2.78 bits per heavy atom. The second kappa shape index (κ2) is 5.44. The lowest BCUT2D eigenvalue weighted by molar-refractivity contribution is 0.103. The van der Waals surface area contributed by atoms with Crippen LogP contribution in [0.5, 0.6) is 0 Å². The second-order valence-corrected chi connectivity index (χ2v) is 5.94. The summed E-state index contributed by atoms with van der Waals surface area (Å²) in [4.78, 5) is 16.5. The molecule has 1 aromatic heterocycles. The lowest BCUT2D eigenvalue weighted by atomic mass is 9.99. The van der Waals surface area contributed by atoms with Crippen molar-refractivity contribution in [2.24, 2.45) is 5.92 Å². The lowest BCUT2D eigenvalue weighted by Crippen LogP contribution is -2.03. The number of benzene rings is 1. The Hall–Kier alpha value is -1.48. The lowest BCUT2D eigenvalue weighted by Gasteiger charge is -2.06. The molecule has 0 saturated carbocycles. The van der Waals surface area contributed by atoms with Crippen molar-refractivity contribution in [3.05, 3.63) is 51.5 Å². The van der Waals surface area contributed by atoms with Crippen molar-refractivity contribution in [2.45, 2.75) is 27.2 Å². The number of carbonyl (C=O) groups excluding carboxylic acids is 1. The van der Waals surface area contributed by atoms with Gasteiger partial charge in [-0.2, -0.15) is 0 Å². The molecule has 2 rings (SSSR count). The zero-order chi connectivity index (χ0) is 13.1. The average molecular weight is 259 g/mol. The fourth-order valence-corrected chi connectivity index (χ4v) is 2.52. The summed E-state index contributed by atoms with van der Waals surface area (Å²) in [7, 11) is 0. The highest BCUT2D eigenvalue weighted by Crippen LogP contribution is 2.16. The molecular weight excluding hydrogens is 242 g/mol. The highest BCUT2D eigenvalue weighted by molar-refractivity contribution is 7.09. The number of thiazole rings is 1. The molecule has 0 bridgehead atoms. The first-order valence-corrected chi connectivity index (χ1v) is 7.00. The monoisotopic (exact) mass is 259 g/mol. The summed E-state index contributed by atoms with van der Waals surface area (Å²) in [6.45, 7) is 6.27. The van der Waals surface area contributed by atoms with Gasteiger partial charge in [-0.3, -0.25) is 4.79 Å². The quantitative estimate of drug-likeness (QED) is 0.780. The summed E-state index contributed by atoms with van der Waals surface area (Å²) < 4.78 is 0. The largest absolute Gasteiger partial charge is 0.287 e. The molecule has 1 heterocycles. The van der Waals surface area contributed by atoms with Gasteiger partial charge in [0, 0.05) is 10.9 Å². The molecule has 0 fully saturated rings. The number of hydrogen-bond donors (Lipinski definition) is 0. The molecule has 0 radical (unpaired) electrons. The Bertz CT molecular complexity index is 557. The topological polar surface area (TPSA) is 30.0 Å². The minimum absolute atomic E-state index is 0.0185. The van der Waals surface area contributed by atoms with Gasteiger partial charge in [0.2, 0.25) is 5.78 Å². The summed E-state index contributed by atoms with van der Waals surface area (Å²) in [6, 6.07) is 7.87. The SMILES string of the molecule is Cc1nc(C(=O)c2cccc(CC(C)C)c2)cs1. The van der Waals surface area contributed by atoms with E-state index < -0.39 is 0 Å². The third-order valence-electron chi connectivity index (χ3n) is 2.68. The fraction of sp³-hybridized carbons (Fsp3) is 0.333. The molecule has 0 unspecified atom stereocenters. The summed E-state index contributed by atoms with van der Waals surface area (Å²) in [5.74, 6) is 0.613. The van der Waals surface area contributed by atoms with Crippen molar-refractivity contribution >= 4 is 17.1 Å². The predicted octanol–water partition coefficient (Wildman–Crippen LogP) is 3.88. The van der Waals surface area contributed by atoms with Crippen LogP contribution in [0.4, 0.5) is 0 Å². The van der Waals surface area contributed by atoms with Gasteiger partial charge in [0.25, 0.3) is 0 Å². The van der Waals surface area contributed by atoms with Crippen LogP contribution in [0.25, 0.3) is 0 Å². The number of ketones is 1. The van der Waals surface area contributed by atoms with E-state index in [1.54, 1.807) is 0 Å². The van der Waals surface area contributed by atoms with Gasteiger partial charge >= 0.3 is 0 Å². The number of aromatic nitrogens is 1. The molecule has 0 aliphatic heterocycles. The maximum Gasteiger partial charge on any atom is 0.212 e. The van der Waals surface area contributed by atoms with Crippen molar-refractivity contribution in [1.29, 1.82) is 0 Å². The van der Waals surface area contributed by atoms with Crippen LogP contribution >= 0.6 is 11.3 Å². The Balaban J connectivity index is 2.25. The maximum atomic E-state index is 12.2. The van der Waals surface area contributed by atoms with Gasteiger partial charge in [-0.25, -0.2) is 4.98 Å². The molecule has 0 N–H and O–H groups in total. The van der Waals surface area contributed by atoms with Crippen LogP contribution in [0, 0.1) is 12.8 Å². The van der Waals surface area contributed by atoms with Gasteiger partial charge in [0.1, 0.15) is 5.69 Å². The first-order valence-electron chi connectivity index (χ1n) is 6.12. The van der Waals surface area contributed by atoms with Gasteiger partial charge in [-0.05, 0) is 30.9 Å². The van der Waals surface area contributed by atoms with E-state index in [4.69, 9.17) is 0 Å². The fourth-order valence-electron chi connectivity index (χ4n) is 1.93. The molecule has 1 aromatic carbocycles. The molecule has 94 valence electrons. The van der Waals surface area contributed by atoms with E-state index >= 15 is 0 Å². The van der Waals surface area contributed by atoms with Crippen molar-refractivity contribution in [3.8, 4) is 0 Å². The minimum atomic E-state index is 0.0185. The zero-order valence-corrected chi connectivity index (χ0v) is 11.8. The van der Waals surface area contributed by atoms with E-state index in [0.29, 0.717) is 11.6 Å². The molecule has 0 aliphatic rings. The van der Waals surface area contributed by atoms with Gasteiger partial charge in [0.15, 0.2) is 0 Å². The van der Waals surface area contributed by atoms with Crippen LogP contribution in [0.2, 0.25) is 0 Å². The van der Waals surface area contributed by atoms with E-state index in [1.165, 1.54) is 16.9 Å². The Kier molecular flexibility index (Phi) is 3.92. The van der Waals surface area contributed by atoms with Gasteiger partial charge in [-0.15, -0.1) is 11.3 Å². The van der Waals surface area contributed by atoms with Crippen molar-refractivity contribution in [3.63, 3.8) is 0 Å². The standard InChI is InChI=1S/C15H17NOS/c1-10(2)7-12-5-4-6-13(8-12)15(17)14-9-18-11(3)16-14/h4-6,8-10H,7H2,1-3H3. The van der Waals surface area contributed by atoms with Gasteiger partial charge in [0.05, 0.1) is 5.01 Å². The molecule has 0 aliphatic carbocycles. The Labute approximate surface area is 112 Å². The molecule has 0 amide bonds. The van der Waals surface area contributed by atoms with Crippen LogP contribution in [0.3, 0.4) is 0 Å². The smallest absolute Gasteiger partial charge is 0.212 e. The Morgan fingerprint density at radius 1 is 1.39 bits per heavy atom. The van der Waals surface area contributed by atoms with Gasteiger partial charge < -0.3 is 0 Å². The third kappa shape index (κ3) is 3.05. The van der Waals surface area contributed by atoms with Crippen LogP contribution < -0.4 is 0 Å². The maximum absolute atomic E-state index is 12.2. The molecule has 2 nitrogen and oxygen atoms in total.